The molecule has 1 aliphatic rings. The van der Waals surface area contributed by atoms with Crippen LogP contribution in [0.4, 0.5) is 5.69 Å². The molecule has 0 aliphatic carbocycles. The van der Waals surface area contributed by atoms with Crippen molar-refractivity contribution in [1.29, 1.82) is 0 Å². The zero-order valence-corrected chi connectivity index (χ0v) is 8.36. The number of fused-ring (bicyclic) bond motifs is 1. The van der Waals surface area contributed by atoms with Crippen molar-refractivity contribution in [3.05, 3.63) is 24.5 Å². The van der Waals surface area contributed by atoms with E-state index >= 15 is 0 Å². The van der Waals surface area contributed by atoms with E-state index in [9.17, 15) is 0 Å². The maximum atomic E-state index is 5.32. The van der Waals surface area contributed by atoms with Gasteiger partial charge in [-0.05, 0) is 18.2 Å². The molecule has 1 radical (unpaired) electrons. The van der Waals surface area contributed by atoms with E-state index in [0.717, 1.165) is 37.3 Å². The highest BCUT2D eigenvalue weighted by Gasteiger charge is 2.11. The molecule has 2 heterocycles. The van der Waals surface area contributed by atoms with Crippen molar-refractivity contribution in [1.82, 2.24) is 9.97 Å². The quantitative estimate of drug-likeness (QED) is 0.755. The third-order valence-corrected chi connectivity index (χ3v) is 2.72. The van der Waals surface area contributed by atoms with Crippen LogP contribution < -0.4 is 4.90 Å². The van der Waals surface area contributed by atoms with Crippen molar-refractivity contribution in [3.63, 3.8) is 0 Å². The van der Waals surface area contributed by atoms with E-state index in [4.69, 9.17) is 4.74 Å². The predicted octanol–water partition coefficient (Wildman–Crippen LogP) is 1.20. The van der Waals surface area contributed by atoms with Crippen LogP contribution in [-0.4, -0.2) is 36.3 Å². The summed E-state index contributed by atoms with van der Waals surface area (Å²) in [7, 11) is 0. The molecule has 1 saturated heterocycles. The fraction of sp³-hybridized carbons (Fsp3) is 0.364. The normalized spacial score (nSPS) is 17.2. The van der Waals surface area contributed by atoms with Gasteiger partial charge < -0.3 is 14.6 Å². The average Bonchev–Trinajstić information content (AvgIpc) is 2.77. The highest BCUT2D eigenvalue weighted by atomic mass is 16.5. The maximum Gasteiger partial charge on any atom is 0.174 e. The zero-order chi connectivity index (χ0) is 10.1. The molecule has 1 aliphatic heterocycles. The van der Waals surface area contributed by atoms with Crippen molar-refractivity contribution in [2.75, 3.05) is 31.2 Å². The Morgan fingerprint density at radius 1 is 1.33 bits per heavy atom. The van der Waals surface area contributed by atoms with Crippen LogP contribution in [0.25, 0.3) is 11.0 Å². The number of hydrogen-bond donors (Lipinski definition) is 1. The third kappa shape index (κ3) is 1.57. The van der Waals surface area contributed by atoms with E-state index < -0.39 is 0 Å². The van der Waals surface area contributed by atoms with E-state index in [1.807, 2.05) is 6.07 Å². The Hall–Kier alpha value is -1.55. The molecule has 0 unspecified atom stereocenters. The smallest absolute Gasteiger partial charge is 0.174 e. The monoisotopic (exact) mass is 202 g/mol. The second kappa shape index (κ2) is 3.55. The first kappa shape index (κ1) is 8.73. The van der Waals surface area contributed by atoms with Crippen molar-refractivity contribution >= 4 is 16.7 Å². The molecular weight excluding hydrogens is 190 g/mol. The van der Waals surface area contributed by atoms with Gasteiger partial charge in [0.25, 0.3) is 0 Å². The number of aromatic amines is 1. The number of ether oxygens (including phenoxy) is 1. The molecule has 4 nitrogen and oxygen atoms in total. The maximum absolute atomic E-state index is 5.32. The lowest BCUT2D eigenvalue weighted by Gasteiger charge is -2.28. The Morgan fingerprint density at radius 2 is 2.20 bits per heavy atom. The number of H-pyrrole nitrogens is 1. The van der Waals surface area contributed by atoms with Crippen LogP contribution in [0, 0.1) is 6.33 Å². The first-order valence-electron chi connectivity index (χ1n) is 5.12. The molecule has 0 amide bonds. The molecule has 15 heavy (non-hydrogen) atoms. The second-order valence-electron chi connectivity index (χ2n) is 3.65. The Kier molecular flexibility index (Phi) is 2.07. The van der Waals surface area contributed by atoms with Crippen molar-refractivity contribution < 1.29 is 4.74 Å². The van der Waals surface area contributed by atoms with Gasteiger partial charge in [-0.1, -0.05) is 0 Å². The first-order valence-corrected chi connectivity index (χ1v) is 5.12. The lowest BCUT2D eigenvalue weighted by atomic mass is 10.2. The summed E-state index contributed by atoms with van der Waals surface area (Å²) in [6.45, 7) is 3.54. The summed E-state index contributed by atoms with van der Waals surface area (Å²) in [6.07, 6.45) is 2.75. The Bertz CT molecular complexity index is 460. The van der Waals surface area contributed by atoms with Crippen LogP contribution in [-0.2, 0) is 4.74 Å². The van der Waals surface area contributed by atoms with Gasteiger partial charge in [-0.3, -0.25) is 0 Å². The number of hydrogen-bond acceptors (Lipinski definition) is 3. The largest absolute Gasteiger partial charge is 0.378 e. The predicted molar refractivity (Wildman–Crippen MR) is 58.0 cm³/mol. The molecule has 3 rings (SSSR count). The Balaban J connectivity index is 1.95. The number of nitrogens with one attached hydrogen (secondary N) is 1. The summed E-state index contributed by atoms with van der Waals surface area (Å²) in [5.41, 5.74) is 3.22. The van der Waals surface area contributed by atoms with Gasteiger partial charge in [0.1, 0.15) is 0 Å². The van der Waals surface area contributed by atoms with Gasteiger partial charge in [-0.15, -0.1) is 0 Å². The first-order chi connectivity index (χ1) is 7.43. The third-order valence-electron chi connectivity index (χ3n) is 2.72. The highest BCUT2D eigenvalue weighted by molar-refractivity contribution is 5.78. The van der Waals surface area contributed by atoms with E-state index in [0.29, 0.717) is 0 Å². The minimum Gasteiger partial charge on any atom is -0.378 e. The molecule has 1 N–H and O–H groups in total. The molecule has 0 saturated carbocycles. The molecule has 4 heteroatoms. The number of morpholine rings is 1. The van der Waals surface area contributed by atoms with E-state index in [-0.39, 0.29) is 0 Å². The van der Waals surface area contributed by atoms with Gasteiger partial charge in [0.05, 0.1) is 24.2 Å². The van der Waals surface area contributed by atoms with Crippen LogP contribution >= 0.6 is 0 Å². The molecule has 77 valence electrons. The molecule has 0 spiro atoms. The van der Waals surface area contributed by atoms with Gasteiger partial charge in [0.15, 0.2) is 6.33 Å². The van der Waals surface area contributed by atoms with Crippen LogP contribution in [0.2, 0.25) is 0 Å². The summed E-state index contributed by atoms with van der Waals surface area (Å²) >= 11 is 0. The van der Waals surface area contributed by atoms with Crippen LogP contribution in [0.5, 0.6) is 0 Å². The summed E-state index contributed by atoms with van der Waals surface area (Å²) in [6, 6.07) is 6.25. The fourth-order valence-electron chi connectivity index (χ4n) is 1.88. The van der Waals surface area contributed by atoms with E-state index in [2.05, 4.69) is 33.3 Å². The lowest BCUT2D eigenvalue weighted by Crippen LogP contribution is -2.36. The van der Waals surface area contributed by atoms with E-state index in [1.54, 1.807) is 0 Å². The molecule has 1 aromatic heterocycles. The fourth-order valence-corrected chi connectivity index (χ4v) is 1.88. The number of aromatic nitrogens is 2. The molecule has 1 aromatic carbocycles. The lowest BCUT2D eigenvalue weighted by molar-refractivity contribution is 0.122. The number of anilines is 1. The topological polar surface area (TPSA) is 41.2 Å². The van der Waals surface area contributed by atoms with Gasteiger partial charge in [-0.25, -0.2) is 4.98 Å². The summed E-state index contributed by atoms with van der Waals surface area (Å²) < 4.78 is 5.32. The van der Waals surface area contributed by atoms with Gasteiger partial charge in [-0.2, -0.15) is 0 Å². The SMILES string of the molecule is [c]1nc2cc(N3CCOCC3)ccc2[nH]1. The van der Waals surface area contributed by atoms with Crippen LogP contribution in [0.15, 0.2) is 18.2 Å². The molecule has 0 bridgehead atoms. The minimum absolute atomic E-state index is 0.810. The molecule has 1 fully saturated rings. The number of rotatable bonds is 1. The molecular formula is C11H12N3O. The molecule has 2 aromatic rings. The number of imidazole rings is 1. The summed E-state index contributed by atoms with van der Waals surface area (Å²) in [5, 5.41) is 0. The number of nitrogens with zero attached hydrogens (tertiary/aromatic N) is 2. The average molecular weight is 202 g/mol. The summed E-state index contributed by atoms with van der Waals surface area (Å²) in [5.74, 6) is 0. The summed E-state index contributed by atoms with van der Waals surface area (Å²) in [4.78, 5) is 9.42. The molecule has 0 atom stereocenters. The van der Waals surface area contributed by atoms with Crippen molar-refractivity contribution in [3.8, 4) is 0 Å². The van der Waals surface area contributed by atoms with Crippen molar-refractivity contribution in [2.45, 2.75) is 0 Å². The minimum atomic E-state index is 0.810. The van der Waals surface area contributed by atoms with Crippen molar-refractivity contribution in [2.24, 2.45) is 0 Å². The van der Waals surface area contributed by atoms with Gasteiger partial charge >= 0.3 is 0 Å². The Morgan fingerprint density at radius 3 is 3.07 bits per heavy atom. The second-order valence-corrected chi connectivity index (χ2v) is 3.65. The van der Waals surface area contributed by atoms with Gasteiger partial charge in [0.2, 0.25) is 0 Å². The van der Waals surface area contributed by atoms with E-state index in [1.165, 1.54) is 5.69 Å². The van der Waals surface area contributed by atoms with Crippen LogP contribution in [0.1, 0.15) is 0 Å². The van der Waals surface area contributed by atoms with Crippen LogP contribution in [0.3, 0.4) is 0 Å². The highest BCUT2D eigenvalue weighted by Crippen LogP contribution is 2.20. The number of benzene rings is 1. The van der Waals surface area contributed by atoms with Gasteiger partial charge in [0, 0.05) is 18.8 Å². The zero-order valence-electron chi connectivity index (χ0n) is 8.36. The Labute approximate surface area is 87.9 Å². The standard InChI is InChI=1S/C11H12N3O/c1-2-10-11(13-8-12-10)7-9(1)14-3-5-15-6-4-14/h1-2,7H,3-6H2,(H,12,13).